The number of nitrogens with zero attached hydrogens (tertiary/aromatic N) is 5. The Labute approximate surface area is 251 Å². The van der Waals surface area contributed by atoms with E-state index in [0.717, 1.165) is 64.9 Å². The van der Waals surface area contributed by atoms with E-state index in [1.54, 1.807) is 0 Å². The Hall–Kier alpha value is -4.31. The van der Waals surface area contributed by atoms with Gasteiger partial charge in [0, 0.05) is 5.56 Å². The van der Waals surface area contributed by atoms with Crippen LogP contribution in [-0.2, 0) is 11.2 Å². The van der Waals surface area contributed by atoms with Gasteiger partial charge in [-0.3, -0.25) is 9.69 Å². The molecule has 1 N–H and O–H groups in total. The molecule has 2 heterocycles. The van der Waals surface area contributed by atoms with Crippen molar-refractivity contribution in [1.82, 2.24) is 14.8 Å². The number of nitrogens with one attached hydrogen (secondary N) is 1. The molecule has 232 valence electrons. The van der Waals surface area contributed by atoms with E-state index in [4.69, 9.17) is 0 Å². The fourth-order valence-electron chi connectivity index (χ4n) is 4.41. The van der Waals surface area contributed by atoms with Crippen LogP contribution < -0.4 is 10.2 Å². The summed E-state index contributed by atoms with van der Waals surface area (Å²) >= 11 is 1.09. The van der Waals surface area contributed by atoms with Gasteiger partial charge in [0.05, 0.1) is 22.8 Å². The van der Waals surface area contributed by atoms with Crippen LogP contribution >= 0.6 is 22.0 Å². The van der Waals surface area contributed by atoms with Crippen molar-refractivity contribution < 1.29 is 33.4 Å². The largest absolute Gasteiger partial charge is 0.347 e. The molecule has 8 nitrogen and oxygen atoms in total. The third-order valence-electron chi connectivity index (χ3n) is 6.47. The summed E-state index contributed by atoms with van der Waals surface area (Å²) in [6.07, 6.45) is 2.69. The molecule has 1 saturated heterocycles. The summed E-state index contributed by atoms with van der Waals surface area (Å²) in [7, 11) is -9.82. The second-order valence-corrected chi connectivity index (χ2v) is 13.2. The van der Waals surface area contributed by atoms with Gasteiger partial charge in [-0.15, -0.1) is 5.10 Å². The number of halogens is 6. The first-order valence-electron chi connectivity index (χ1n) is 13.0. The quantitative estimate of drug-likeness (QED) is 0.201. The van der Waals surface area contributed by atoms with Gasteiger partial charge in [0.2, 0.25) is 5.91 Å². The molecule has 1 aliphatic rings. The molecule has 3 amide bonds. The lowest BCUT2D eigenvalue weighted by atomic mass is 10.0. The van der Waals surface area contributed by atoms with E-state index in [2.05, 4.69) is 20.4 Å². The number of anilines is 2. The van der Waals surface area contributed by atoms with Crippen molar-refractivity contribution in [3.05, 3.63) is 83.9 Å². The molecular weight excluding hydrogens is 630 g/mol. The predicted molar refractivity (Wildman–Crippen MR) is 160 cm³/mol. The number of aliphatic imine (C=N–C) groups is 1. The van der Waals surface area contributed by atoms with Crippen LogP contribution in [0.1, 0.15) is 24.5 Å². The molecule has 0 saturated carbocycles. The minimum Gasteiger partial charge on any atom is -0.303 e. The number of benzene rings is 3. The van der Waals surface area contributed by atoms with Gasteiger partial charge >= 0.3 is 16.3 Å². The maximum Gasteiger partial charge on any atom is 0.347 e. The molecule has 1 fully saturated rings. The van der Waals surface area contributed by atoms with Crippen molar-refractivity contribution in [3.8, 4) is 17.1 Å². The molecule has 1 aromatic heterocycles. The minimum atomic E-state index is -9.82. The zero-order valence-electron chi connectivity index (χ0n) is 23.1. The molecule has 4 aromatic rings. The number of hydrogen-bond donors (Lipinski definition) is 1. The van der Waals surface area contributed by atoms with E-state index < -0.39 is 27.0 Å². The molecule has 5 rings (SSSR count). The van der Waals surface area contributed by atoms with E-state index in [1.807, 2.05) is 32.0 Å². The molecule has 0 atom stereocenters. The lowest BCUT2D eigenvalue weighted by Gasteiger charge is -2.40. The highest BCUT2D eigenvalue weighted by Crippen LogP contribution is 3.02. The van der Waals surface area contributed by atoms with Gasteiger partial charge in [-0.25, -0.2) is 18.9 Å². The third-order valence-corrected chi connectivity index (χ3v) is 8.56. The minimum absolute atomic E-state index is 0.0163. The van der Waals surface area contributed by atoms with Gasteiger partial charge in [0.15, 0.2) is 11.0 Å². The summed E-state index contributed by atoms with van der Waals surface area (Å²) in [5.41, 5.74) is 2.48. The van der Waals surface area contributed by atoms with E-state index >= 15 is 0 Å². The molecule has 0 radical (unpaired) electrons. The van der Waals surface area contributed by atoms with Gasteiger partial charge in [0.25, 0.3) is 0 Å². The number of aryl methyl sites for hydroxylation is 2. The van der Waals surface area contributed by atoms with Crippen molar-refractivity contribution in [2.24, 2.45) is 4.99 Å². The predicted octanol–water partition coefficient (Wildman–Crippen LogP) is 8.66. The van der Waals surface area contributed by atoms with E-state index in [0.29, 0.717) is 5.69 Å². The normalized spacial score (nSPS) is 16.2. The number of thioether (sulfide) groups is 1. The SMILES string of the molecule is CCCc1ccc(C)cc1N1C(=O)CSC1=NC(=O)Nc1ccc(-c2ncn(-c3ccc(S(F)(F)(F)(F)F)cc3)n2)cc1F. The number of carbonyl (C=O) groups excluding carboxylic acids is 2. The molecule has 3 aromatic carbocycles. The van der Waals surface area contributed by atoms with E-state index in [-0.39, 0.29) is 51.7 Å². The van der Waals surface area contributed by atoms with Crippen LogP contribution in [0.4, 0.5) is 40.0 Å². The lowest BCUT2D eigenvalue weighted by Crippen LogP contribution is -2.31. The van der Waals surface area contributed by atoms with Gasteiger partial charge < -0.3 is 5.32 Å². The van der Waals surface area contributed by atoms with Gasteiger partial charge in [-0.2, -0.15) is 4.99 Å². The Morgan fingerprint density at radius 1 is 1.05 bits per heavy atom. The fraction of sp³-hybridized carbons (Fsp3) is 0.179. The maximum atomic E-state index is 15.0. The summed E-state index contributed by atoms with van der Waals surface area (Å²) in [6.45, 7) is 3.90. The first-order chi connectivity index (χ1) is 20.5. The summed E-state index contributed by atoms with van der Waals surface area (Å²) in [6, 6.07) is 10.6. The molecular formula is C28H24F6N6O2S2. The zero-order valence-corrected chi connectivity index (χ0v) is 24.7. The second-order valence-electron chi connectivity index (χ2n) is 9.89. The summed E-state index contributed by atoms with van der Waals surface area (Å²) in [5, 5.41) is 6.60. The number of urea groups is 1. The smallest absolute Gasteiger partial charge is 0.303 e. The second kappa shape index (κ2) is 10.7. The number of rotatable bonds is 7. The van der Waals surface area contributed by atoms with Crippen molar-refractivity contribution in [3.63, 3.8) is 0 Å². The van der Waals surface area contributed by atoms with Crippen LogP contribution in [0, 0.1) is 12.7 Å². The van der Waals surface area contributed by atoms with E-state index in [9.17, 15) is 33.4 Å². The number of amides is 3. The number of amidine groups is 1. The van der Waals surface area contributed by atoms with Crippen molar-refractivity contribution in [1.29, 1.82) is 0 Å². The Morgan fingerprint density at radius 2 is 1.77 bits per heavy atom. The average molecular weight is 655 g/mol. The highest BCUT2D eigenvalue weighted by molar-refractivity contribution is 8.45. The van der Waals surface area contributed by atoms with Gasteiger partial charge in [0.1, 0.15) is 17.0 Å². The molecule has 0 spiro atoms. The van der Waals surface area contributed by atoms with Crippen molar-refractivity contribution in [2.45, 2.75) is 31.6 Å². The number of carbonyl (C=O) groups is 2. The summed E-state index contributed by atoms with van der Waals surface area (Å²) < 4.78 is 81.0. The molecule has 44 heavy (non-hydrogen) atoms. The molecule has 0 unspecified atom stereocenters. The molecule has 1 aliphatic heterocycles. The van der Waals surface area contributed by atoms with Gasteiger partial charge in [-0.1, -0.05) is 56.7 Å². The number of aromatic nitrogens is 3. The first-order valence-corrected chi connectivity index (χ1v) is 16.0. The van der Waals surface area contributed by atoms with Crippen molar-refractivity contribution in [2.75, 3.05) is 16.0 Å². The van der Waals surface area contributed by atoms with Crippen LogP contribution in [0.2, 0.25) is 0 Å². The van der Waals surface area contributed by atoms with Gasteiger partial charge in [-0.05, 0) is 73.0 Å². The fourth-order valence-corrected chi connectivity index (χ4v) is 5.91. The Bertz CT molecular complexity index is 1810. The Balaban J connectivity index is 1.32. The Morgan fingerprint density at radius 3 is 2.43 bits per heavy atom. The first kappa shape index (κ1) is 31.1. The third kappa shape index (κ3) is 6.75. The molecule has 0 aliphatic carbocycles. The van der Waals surface area contributed by atoms with E-state index in [1.165, 1.54) is 17.0 Å². The number of hydrogen-bond acceptors (Lipinski definition) is 5. The highest BCUT2D eigenvalue weighted by atomic mass is 32.5. The Kier molecular flexibility index (Phi) is 7.56. The summed E-state index contributed by atoms with van der Waals surface area (Å²) in [5.74, 6) is -1.02. The van der Waals surface area contributed by atoms with Crippen LogP contribution in [0.5, 0.6) is 0 Å². The van der Waals surface area contributed by atoms with Crippen LogP contribution in [0.15, 0.2) is 76.9 Å². The lowest BCUT2D eigenvalue weighted by molar-refractivity contribution is -0.115. The monoisotopic (exact) mass is 654 g/mol. The molecule has 16 heteroatoms. The zero-order chi connectivity index (χ0) is 31.9. The average Bonchev–Trinajstić information content (AvgIpc) is 3.57. The summed E-state index contributed by atoms with van der Waals surface area (Å²) in [4.78, 5) is 32.9. The van der Waals surface area contributed by atoms with Crippen LogP contribution in [-0.4, -0.2) is 37.6 Å². The molecule has 0 bridgehead atoms. The maximum absolute atomic E-state index is 15.0. The van der Waals surface area contributed by atoms with Crippen LogP contribution in [0.3, 0.4) is 0 Å². The van der Waals surface area contributed by atoms with Crippen LogP contribution in [0.25, 0.3) is 17.1 Å². The standard InChI is InChI=1S/C28H24F6N6O2S2/c1-3-4-18-6-5-17(2)13-24(18)40-25(41)15-43-28(40)37-27(42)36-23-12-7-19(14-22(23)29)26-35-16-39(38-26)20-8-10-21(11-9-20)44(30,31,32,33)34/h5-14,16H,3-4,15H2,1-2H3,(H,36,42). The van der Waals surface area contributed by atoms with Crippen molar-refractivity contribution >= 4 is 50.5 Å². The highest BCUT2D eigenvalue weighted by Gasteiger charge is 2.65. The topological polar surface area (TPSA) is 92.5 Å².